The first-order valence-corrected chi connectivity index (χ1v) is 10.9. The average Bonchev–Trinajstić information content (AvgIpc) is 3.28. The van der Waals surface area contributed by atoms with Gasteiger partial charge in [0.1, 0.15) is 0 Å². The van der Waals surface area contributed by atoms with Crippen molar-refractivity contribution in [3.63, 3.8) is 0 Å². The van der Waals surface area contributed by atoms with Gasteiger partial charge < -0.3 is 10.0 Å². The summed E-state index contributed by atoms with van der Waals surface area (Å²) in [6.45, 7) is 0.291. The Bertz CT molecular complexity index is 1250. The Labute approximate surface area is 196 Å². The van der Waals surface area contributed by atoms with Gasteiger partial charge in [-0.25, -0.2) is 9.78 Å². The zero-order valence-electron chi connectivity index (χ0n) is 16.9. The van der Waals surface area contributed by atoms with E-state index in [1.807, 2.05) is 17.5 Å². The zero-order valence-corrected chi connectivity index (χ0v) is 18.5. The number of carbonyl (C=O) groups is 1. The van der Waals surface area contributed by atoms with Crippen LogP contribution in [-0.4, -0.2) is 16.1 Å². The first-order valence-electron chi connectivity index (χ1n) is 9.69. The van der Waals surface area contributed by atoms with E-state index in [-0.39, 0.29) is 5.56 Å². The zero-order chi connectivity index (χ0) is 23.6. The quantitative estimate of drug-likeness (QED) is 0.305. The van der Waals surface area contributed by atoms with Crippen LogP contribution < -0.4 is 4.90 Å². The number of alkyl halides is 3. The van der Waals surface area contributed by atoms with Gasteiger partial charge in [-0.15, -0.1) is 11.3 Å². The molecule has 168 valence electrons. The van der Waals surface area contributed by atoms with Crippen molar-refractivity contribution in [2.24, 2.45) is 0 Å². The number of hydrogen-bond donors (Lipinski definition) is 1. The van der Waals surface area contributed by atoms with E-state index in [9.17, 15) is 18.0 Å². The lowest BCUT2D eigenvalue weighted by atomic mass is 10.1. The monoisotopic (exact) mass is 488 g/mol. The highest BCUT2D eigenvalue weighted by Gasteiger charge is 2.30. The predicted octanol–water partition coefficient (Wildman–Crippen LogP) is 7.52. The standard InChI is InChI=1S/C24H16ClF3N2O2S/c25-19-9-5-16(6-10-19)21-14-33-23(29-21)30(13-15-1-3-17(4-2-15)22(31)32)20-11-7-18(8-12-20)24(26,27)28/h1-12,14H,13H2,(H,31,32). The van der Waals surface area contributed by atoms with Gasteiger partial charge in [0.2, 0.25) is 0 Å². The van der Waals surface area contributed by atoms with Gasteiger partial charge in [-0.2, -0.15) is 13.2 Å². The highest BCUT2D eigenvalue weighted by atomic mass is 35.5. The maximum atomic E-state index is 13.0. The summed E-state index contributed by atoms with van der Waals surface area (Å²) in [5, 5.41) is 12.2. The number of carboxylic acid groups (broad SMARTS) is 1. The molecule has 0 radical (unpaired) electrons. The van der Waals surface area contributed by atoms with Gasteiger partial charge in [0.15, 0.2) is 5.13 Å². The van der Waals surface area contributed by atoms with Crippen LogP contribution in [-0.2, 0) is 12.7 Å². The van der Waals surface area contributed by atoms with Crippen molar-refractivity contribution in [1.82, 2.24) is 4.98 Å². The molecule has 4 nitrogen and oxygen atoms in total. The summed E-state index contributed by atoms with van der Waals surface area (Å²) in [5.41, 5.74) is 2.30. The summed E-state index contributed by atoms with van der Waals surface area (Å²) in [6, 6.07) is 18.4. The minimum absolute atomic E-state index is 0.152. The van der Waals surface area contributed by atoms with E-state index in [4.69, 9.17) is 16.7 Å². The Morgan fingerprint density at radius 2 is 1.61 bits per heavy atom. The number of nitrogens with zero attached hydrogens (tertiary/aromatic N) is 2. The van der Waals surface area contributed by atoms with Crippen LogP contribution in [0.1, 0.15) is 21.5 Å². The van der Waals surface area contributed by atoms with E-state index in [2.05, 4.69) is 4.98 Å². The fourth-order valence-corrected chi connectivity index (χ4v) is 4.16. The molecule has 0 atom stereocenters. The van der Waals surface area contributed by atoms with Crippen LogP contribution in [0, 0.1) is 0 Å². The molecule has 33 heavy (non-hydrogen) atoms. The van der Waals surface area contributed by atoms with Gasteiger partial charge in [0.25, 0.3) is 0 Å². The second kappa shape index (κ2) is 9.25. The van der Waals surface area contributed by atoms with Crippen LogP contribution in [0.2, 0.25) is 5.02 Å². The van der Waals surface area contributed by atoms with Crippen molar-refractivity contribution in [1.29, 1.82) is 0 Å². The number of anilines is 2. The number of aromatic carboxylic acids is 1. The molecular formula is C24H16ClF3N2O2S. The number of rotatable bonds is 6. The van der Waals surface area contributed by atoms with Crippen LogP contribution in [0.4, 0.5) is 24.0 Å². The molecule has 4 rings (SSSR count). The highest BCUT2D eigenvalue weighted by molar-refractivity contribution is 7.14. The van der Waals surface area contributed by atoms with E-state index in [1.165, 1.54) is 35.6 Å². The minimum Gasteiger partial charge on any atom is -0.478 e. The fraction of sp³-hybridized carbons (Fsp3) is 0.0833. The van der Waals surface area contributed by atoms with Gasteiger partial charge >= 0.3 is 12.1 Å². The predicted molar refractivity (Wildman–Crippen MR) is 123 cm³/mol. The number of aromatic nitrogens is 1. The number of hydrogen-bond acceptors (Lipinski definition) is 4. The van der Waals surface area contributed by atoms with Crippen LogP contribution >= 0.6 is 22.9 Å². The molecule has 0 bridgehead atoms. The minimum atomic E-state index is -4.43. The van der Waals surface area contributed by atoms with Gasteiger partial charge in [-0.1, -0.05) is 35.9 Å². The Morgan fingerprint density at radius 1 is 0.970 bits per heavy atom. The summed E-state index contributed by atoms with van der Waals surface area (Å²) < 4.78 is 39.1. The Morgan fingerprint density at radius 3 is 2.18 bits per heavy atom. The maximum Gasteiger partial charge on any atom is 0.416 e. The summed E-state index contributed by atoms with van der Waals surface area (Å²) in [6.07, 6.45) is -4.43. The summed E-state index contributed by atoms with van der Waals surface area (Å²) >= 11 is 7.31. The molecule has 1 heterocycles. The smallest absolute Gasteiger partial charge is 0.416 e. The summed E-state index contributed by atoms with van der Waals surface area (Å²) in [5.74, 6) is -1.03. The average molecular weight is 489 g/mol. The van der Waals surface area contributed by atoms with Crippen molar-refractivity contribution >= 4 is 39.7 Å². The molecule has 1 aromatic heterocycles. The third-order valence-corrected chi connectivity index (χ3v) is 6.03. The van der Waals surface area contributed by atoms with Crippen LogP contribution in [0.3, 0.4) is 0 Å². The second-order valence-corrected chi connectivity index (χ2v) is 8.43. The second-order valence-electron chi connectivity index (χ2n) is 7.16. The van der Waals surface area contributed by atoms with E-state index in [0.29, 0.717) is 28.1 Å². The molecule has 9 heteroatoms. The Balaban J connectivity index is 1.69. The normalized spacial score (nSPS) is 11.4. The van der Waals surface area contributed by atoms with Crippen LogP contribution in [0.5, 0.6) is 0 Å². The molecule has 0 aliphatic carbocycles. The largest absolute Gasteiger partial charge is 0.478 e. The molecule has 0 saturated heterocycles. The first-order chi connectivity index (χ1) is 15.7. The molecule has 0 fully saturated rings. The van der Waals surface area contributed by atoms with E-state index < -0.39 is 17.7 Å². The van der Waals surface area contributed by atoms with E-state index in [1.54, 1.807) is 29.2 Å². The molecular weight excluding hydrogens is 473 g/mol. The third-order valence-electron chi connectivity index (χ3n) is 4.91. The van der Waals surface area contributed by atoms with Gasteiger partial charge in [0.05, 0.1) is 23.4 Å². The first kappa shape index (κ1) is 22.8. The molecule has 0 amide bonds. The van der Waals surface area contributed by atoms with Gasteiger partial charge in [0, 0.05) is 21.7 Å². The van der Waals surface area contributed by atoms with Crippen molar-refractivity contribution < 1.29 is 23.1 Å². The topological polar surface area (TPSA) is 53.4 Å². The van der Waals surface area contributed by atoms with E-state index >= 15 is 0 Å². The number of thiazole rings is 1. The molecule has 0 unspecified atom stereocenters. The summed E-state index contributed by atoms with van der Waals surface area (Å²) in [4.78, 5) is 17.6. The van der Waals surface area contributed by atoms with E-state index in [0.717, 1.165) is 23.3 Å². The third kappa shape index (κ3) is 5.35. The number of benzene rings is 3. The van der Waals surface area contributed by atoms with Crippen LogP contribution in [0.15, 0.2) is 78.2 Å². The lowest BCUT2D eigenvalue weighted by molar-refractivity contribution is -0.137. The fourth-order valence-electron chi connectivity index (χ4n) is 3.18. The van der Waals surface area contributed by atoms with Crippen molar-refractivity contribution in [2.75, 3.05) is 4.90 Å². The van der Waals surface area contributed by atoms with Crippen molar-refractivity contribution in [2.45, 2.75) is 12.7 Å². The Kier molecular flexibility index (Phi) is 6.40. The molecule has 4 aromatic rings. The molecule has 3 aromatic carbocycles. The highest BCUT2D eigenvalue weighted by Crippen LogP contribution is 2.36. The van der Waals surface area contributed by atoms with Gasteiger partial charge in [-0.05, 0) is 54.1 Å². The molecule has 0 aliphatic rings. The molecule has 0 spiro atoms. The SMILES string of the molecule is O=C(O)c1ccc(CN(c2ccc(C(F)(F)F)cc2)c2nc(-c3ccc(Cl)cc3)cs2)cc1. The summed E-state index contributed by atoms with van der Waals surface area (Å²) in [7, 11) is 0. The molecule has 1 N–H and O–H groups in total. The number of halogens is 4. The molecule has 0 saturated carbocycles. The maximum absolute atomic E-state index is 13.0. The lowest BCUT2D eigenvalue weighted by Crippen LogP contribution is -2.17. The molecule has 0 aliphatic heterocycles. The lowest BCUT2D eigenvalue weighted by Gasteiger charge is -2.23. The van der Waals surface area contributed by atoms with Crippen LogP contribution in [0.25, 0.3) is 11.3 Å². The number of carboxylic acids is 1. The van der Waals surface area contributed by atoms with Crippen molar-refractivity contribution in [3.8, 4) is 11.3 Å². The Hall–Kier alpha value is -3.36. The van der Waals surface area contributed by atoms with Gasteiger partial charge in [-0.3, -0.25) is 0 Å². The van der Waals surface area contributed by atoms with Crippen molar-refractivity contribution in [3.05, 3.63) is 99.9 Å².